The molecule has 0 saturated carbocycles. The van der Waals surface area contributed by atoms with Crippen LogP contribution in [0.5, 0.6) is 0 Å². The maximum Gasteiger partial charge on any atom is 0.255 e. The molecule has 2 aromatic carbocycles. The molecule has 0 heterocycles. The Bertz CT molecular complexity index is 807. The number of nitrogens with two attached hydrogens (primary N) is 1. The fraction of sp³-hybridized carbons (Fsp3) is 0. The van der Waals surface area contributed by atoms with E-state index in [4.69, 9.17) is 28.3 Å². The van der Waals surface area contributed by atoms with Crippen LogP contribution in [0.4, 0.5) is 5.69 Å². The van der Waals surface area contributed by atoms with Crippen LogP contribution in [0.25, 0.3) is 0 Å². The number of carbonyl (C=O) groups is 1. The summed E-state index contributed by atoms with van der Waals surface area (Å²) >= 11 is 11.7. The molecule has 0 aliphatic carbocycles. The Morgan fingerprint density at radius 2 is 1.81 bits per heavy atom. The highest BCUT2D eigenvalue weighted by atomic mass is 35.5. The summed E-state index contributed by atoms with van der Waals surface area (Å²) in [4.78, 5) is 11.9. The highest BCUT2D eigenvalue weighted by molar-refractivity contribution is 7.89. The van der Waals surface area contributed by atoms with Gasteiger partial charge in [0, 0.05) is 10.6 Å². The number of primary sulfonamides is 1. The molecule has 0 unspecified atom stereocenters. The van der Waals surface area contributed by atoms with Gasteiger partial charge in [0.05, 0.1) is 15.6 Å². The Kier molecular flexibility index (Phi) is 4.53. The maximum atomic E-state index is 12.0. The van der Waals surface area contributed by atoms with E-state index < -0.39 is 15.9 Å². The third-order valence-corrected chi connectivity index (χ3v) is 4.06. The van der Waals surface area contributed by atoms with Crippen LogP contribution in [0.15, 0.2) is 47.4 Å². The third-order valence-electron chi connectivity index (χ3n) is 2.60. The molecule has 0 radical (unpaired) electrons. The van der Waals surface area contributed by atoms with Crippen molar-refractivity contribution >= 4 is 44.8 Å². The third kappa shape index (κ3) is 3.95. The van der Waals surface area contributed by atoms with Crippen LogP contribution < -0.4 is 10.5 Å². The number of sulfonamides is 1. The van der Waals surface area contributed by atoms with Crippen LogP contribution >= 0.6 is 23.2 Å². The van der Waals surface area contributed by atoms with Gasteiger partial charge in [-0.25, -0.2) is 13.6 Å². The molecule has 0 atom stereocenters. The van der Waals surface area contributed by atoms with Crippen LogP contribution in [0.3, 0.4) is 0 Å². The molecule has 0 bridgehead atoms. The van der Waals surface area contributed by atoms with Crippen LogP contribution in [0, 0.1) is 0 Å². The van der Waals surface area contributed by atoms with Gasteiger partial charge in [-0.15, -0.1) is 0 Å². The maximum absolute atomic E-state index is 12.0. The lowest BCUT2D eigenvalue weighted by Crippen LogP contribution is -2.14. The molecule has 1 amide bonds. The van der Waals surface area contributed by atoms with E-state index >= 15 is 0 Å². The number of rotatable bonds is 3. The van der Waals surface area contributed by atoms with E-state index in [0.29, 0.717) is 10.6 Å². The minimum atomic E-state index is -3.84. The number of nitrogens with one attached hydrogen (secondary N) is 1. The molecular weight excluding hydrogens is 335 g/mol. The fourth-order valence-electron chi connectivity index (χ4n) is 1.60. The molecule has 2 aromatic rings. The Morgan fingerprint density at radius 3 is 2.38 bits per heavy atom. The molecule has 0 aliphatic rings. The van der Waals surface area contributed by atoms with Crippen molar-refractivity contribution in [2.45, 2.75) is 4.90 Å². The van der Waals surface area contributed by atoms with E-state index in [-0.39, 0.29) is 15.6 Å². The first kappa shape index (κ1) is 15.8. The van der Waals surface area contributed by atoms with Gasteiger partial charge in [-0.05, 0) is 36.4 Å². The van der Waals surface area contributed by atoms with E-state index in [1.165, 1.54) is 24.3 Å². The Balaban J connectivity index is 2.26. The Labute approximate surface area is 131 Å². The average molecular weight is 345 g/mol. The highest BCUT2D eigenvalue weighted by Gasteiger charge is 2.13. The molecule has 110 valence electrons. The molecule has 0 aromatic heterocycles. The quantitative estimate of drug-likeness (QED) is 0.896. The van der Waals surface area contributed by atoms with Crippen molar-refractivity contribution in [2.24, 2.45) is 5.14 Å². The van der Waals surface area contributed by atoms with Gasteiger partial charge in [-0.1, -0.05) is 29.3 Å². The van der Waals surface area contributed by atoms with Crippen molar-refractivity contribution in [1.82, 2.24) is 0 Å². The zero-order valence-electron chi connectivity index (χ0n) is 10.5. The van der Waals surface area contributed by atoms with Crippen molar-refractivity contribution in [2.75, 3.05) is 5.32 Å². The molecule has 0 saturated heterocycles. The number of hydrogen-bond donors (Lipinski definition) is 2. The summed E-state index contributed by atoms with van der Waals surface area (Å²) in [6.45, 7) is 0. The number of halogens is 2. The molecule has 5 nitrogen and oxygen atoms in total. The van der Waals surface area contributed by atoms with Crippen LogP contribution in [0.2, 0.25) is 10.0 Å². The van der Waals surface area contributed by atoms with E-state index in [1.54, 1.807) is 18.2 Å². The molecule has 0 fully saturated rings. The number of carbonyl (C=O) groups excluding carboxylic acids is 1. The first-order valence-electron chi connectivity index (χ1n) is 5.66. The number of benzene rings is 2. The zero-order valence-corrected chi connectivity index (χ0v) is 12.8. The molecular formula is C13H10Cl2N2O3S. The first-order valence-corrected chi connectivity index (χ1v) is 7.97. The summed E-state index contributed by atoms with van der Waals surface area (Å²) in [5.41, 5.74) is 0.628. The second kappa shape index (κ2) is 6.03. The topological polar surface area (TPSA) is 89.3 Å². The van der Waals surface area contributed by atoms with Crippen LogP contribution in [-0.2, 0) is 10.0 Å². The normalized spacial score (nSPS) is 11.2. The minimum absolute atomic E-state index is 0.0666. The van der Waals surface area contributed by atoms with Crippen molar-refractivity contribution in [3.05, 3.63) is 58.1 Å². The van der Waals surface area contributed by atoms with E-state index in [0.717, 1.165) is 0 Å². The van der Waals surface area contributed by atoms with Crippen LogP contribution in [-0.4, -0.2) is 14.3 Å². The van der Waals surface area contributed by atoms with Gasteiger partial charge in [-0.3, -0.25) is 4.79 Å². The second-order valence-electron chi connectivity index (χ2n) is 4.15. The molecule has 0 aliphatic heterocycles. The summed E-state index contributed by atoms with van der Waals surface area (Å²) in [5, 5.41) is 8.06. The van der Waals surface area contributed by atoms with Crippen molar-refractivity contribution in [3.8, 4) is 0 Å². The lowest BCUT2D eigenvalue weighted by atomic mass is 10.2. The highest BCUT2D eigenvalue weighted by Crippen LogP contribution is 2.25. The van der Waals surface area contributed by atoms with Gasteiger partial charge >= 0.3 is 0 Å². The minimum Gasteiger partial charge on any atom is -0.321 e. The number of amides is 1. The molecule has 3 N–H and O–H groups in total. The fourth-order valence-corrected chi connectivity index (χ4v) is 2.62. The lowest BCUT2D eigenvalue weighted by molar-refractivity contribution is 0.102. The van der Waals surface area contributed by atoms with Gasteiger partial charge in [0.2, 0.25) is 10.0 Å². The van der Waals surface area contributed by atoms with Gasteiger partial charge in [0.25, 0.3) is 5.91 Å². The largest absolute Gasteiger partial charge is 0.321 e. The average Bonchev–Trinajstić information content (AvgIpc) is 2.39. The molecule has 2 rings (SSSR count). The van der Waals surface area contributed by atoms with Crippen molar-refractivity contribution < 1.29 is 13.2 Å². The lowest BCUT2D eigenvalue weighted by Gasteiger charge is -2.08. The number of anilines is 1. The number of hydrogen-bond acceptors (Lipinski definition) is 3. The van der Waals surface area contributed by atoms with E-state index in [9.17, 15) is 13.2 Å². The SMILES string of the molecule is NS(=O)(=O)c1ccc(NC(=O)c2cccc(Cl)c2)c(Cl)c1. The van der Waals surface area contributed by atoms with Crippen LogP contribution in [0.1, 0.15) is 10.4 Å². The van der Waals surface area contributed by atoms with Gasteiger partial charge in [-0.2, -0.15) is 0 Å². The van der Waals surface area contributed by atoms with E-state index in [1.807, 2.05) is 0 Å². The summed E-state index contributed by atoms with van der Waals surface area (Å²) in [6, 6.07) is 10.2. The summed E-state index contributed by atoms with van der Waals surface area (Å²) in [5.74, 6) is -0.414. The zero-order chi connectivity index (χ0) is 15.6. The summed E-state index contributed by atoms with van der Waals surface area (Å²) in [7, 11) is -3.84. The Morgan fingerprint density at radius 1 is 1.10 bits per heavy atom. The predicted molar refractivity (Wildman–Crippen MR) is 82.2 cm³/mol. The predicted octanol–water partition coefficient (Wildman–Crippen LogP) is 2.89. The van der Waals surface area contributed by atoms with Crippen molar-refractivity contribution in [1.29, 1.82) is 0 Å². The summed E-state index contributed by atoms with van der Waals surface area (Å²) < 4.78 is 22.4. The van der Waals surface area contributed by atoms with Gasteiger partial charge < -0.3 is 5.32 Å². The van der Waals surface area contributed by atoms with E-state index in [2.05, 4.69) is 5.32 Å². The van der Waals surface area contributed by atoms with Gasteiger partial charge in [0.1, 0.15) is 0 Å². The smallest absolute Gasteiger partial charge is 0.255 e. The molecule has 0 spiro atoms. The van der Waals surface area contributed by atoms with Crippen molar-refractivity contribution in [3.63, 3.8) is 0 Å². The van der Waals surface area contributed by atoms with Gasteiger partial charge in [0.15, 0.2) is 0 Å². The first-order chi connectivity index (χ1) is 9.77. The monoisotopic (exact) mass is 344 g/mol. The second-order valence-corrected chi connectivity index (χ2v) is 6.56. The standard InChI is InChI=1S/C13H10Cl2N2O3S/c14-9-3-1-2-8(6-9)13(18)17-12-5-4-10(7-11(12)15)21(16,19)20/h1-7H,(H,17,18)(H2,16,19,20). The summed E-state index contributed by atoms with van der Waals surface area (Å²) in [6.07, 6.45) is 0. The molecule has 21 heavy (non-hydrogen) atoms. The molecule has 8 heteroatoms. The Hall–Kier alpha value is -1.60.